The molecule has 0 atom stereocenters. The Kier molecular flexibility index (Phi) is 5.45. The van der Waals surface area contributed by atoms with Crippen molar-refractivity contribution in [1.82, 2.24) is 4.57 Å². The smallest absolute Gasteiger partial charge is 0.125 e. The number of hydrogen-bond acceptors (Lipinski definition) is 3. The molecule has 32 heavy (non-hydrogen) atoms. The van der Waals surface area contributed by atoms with Gasteiger partial charge in [0.25, 0.3) is 0 Å². The van der Waals surface area contributed by atoms with Crippen LogP contribution in [0.4, 0.5) is 4.39 Å². The fourth-order valence-electron chi connectivity index (χ4n) is 5.01. The molecule has 3 aromatic carbocycles. The highest BCUT2D eigenvalue weighted by Crippen LogP contribution is 2.47. The molecule has 0 radical (unpaired) electrons. The third-order valence-corrected chi connectivity index (χ3v) is 6.60. The molecule has 1 aliphatic rings. The van der Waals surface area contributed by atoms with Gasteiger partial charge in [0.15, 0.2) is 0 Å². The first-order valence-corrected chi connectivity index (χ1v) is 11.1. The van der Waals surface area contributed by atoms with E-state index >= 15 is 0 Å². The summed E-state index contributed by atoms with van der Waals surface area (Å²) in [7, 11) is 0. The minimum Gasteiger partial charge on any atom is -0.507 e. The van der Waals surface area contributed by atoms with Crippen LogP contribution in [-0.2, 0) is 6.61 Å². The number of aliphatic hydroxyl groups excluding tert-OH is 2. The highest BCUT2D eigenvalue weighted by atomic mass is 19.1. The van der Waals surface area contributed by atoms with E-state index in [4.69, 9.17) is 0 Å². The van der Waals surface area contributed by atoms with E-state index in [1.54, 1.807) is 18.2 Å². The first kappa shape index (κ1) is 20.7. The van der Waals surface area contributed by atoms with Crippen LogP contribution in [0, 0.1) is 5.82 Å². The van der Waals surface area contributed by atoms with Crippen LogP contribution >= 0.6 is 0 Å². The van der Waals surface area contributed by atoms with E-state index in [-0.39, 0.29) is 30.2 Å². The Labute approximate surface area is 186 Å². The number of aromatic hydroxyl groups is 1. The van der Waals surface area contributed by atoms with Crippen molar-refractivity contribution in [2.45, 2.75) is 44.3 Å². The number of halogens is 1. The molecular weight excluding hydrogens is 405 g/mol. The van der Waals surface area contributed by atoms with E-state index in [1.165, 1.54) is 12.1 Å². The number of aromatic nitrogens is 1. The Hall–Kier alpha value is -3.15. The first-order valence-electron chi connectivity index (χ1n) is 11.1. The van der Waals surface area contributed by atoms with Gasteiger partial charge in [0.05, 0.1) is 18.2 Å². The second kappa shape index (κ2) is 8.41. The van der Waals surface area contributed by atoms with Crippen LogP contribution in [0.2, 0.25) is 0 Å². The number of aliphatic hydroxyl groups is 2. The summed E-state index contributed by atoms with van der Waals surface area (Å²) < 4.78 is 15.9. The minimum atomic E-state index is -0.296. The van der Waals surface area contributed by atoms with Gasteiger partial charge in [-0.1, -0.05) is 30.3 Å². The zero-order chi connectivity index (χ0) is 22.2. The summed E-state index contributed by atoms with van der Waals surface area (Å²) >= 11 is 0. The molecule has 3 N–H and O–H groups in total. The van der Waals surface area contributed by atoms with Crippen LogP contribution in [0.25, 0.3) is 27.7 Å². The summed E-state index contributed by atoms with van der Waals surface area (Å²) in [4.78, 5) is 0. The second-order valence-corrected chi connectivity index (χ2v) is 8.60. The highest BCUT2D eigenvalue weighted by Gasteiger charge is 2.30. The van der Waals surface area contributed by atoms with E-state index in [0.717, 1.165) is 64.7 Å². The standard InChI is InChI=1S/C27H26FNO3/c28-20-10-12-21(13-11-20)29-23-2-1-3-24(32)26(23)25(18-6-4-17(16-30)5-7-18)27(29)19-8-14-22(31)15-9-19/h1-7,10-13,19,22,30-32H,8-9,14-16H2. The molecule has 4 aromatic rings. The molecule has 0 amide bonds. The zero-order valence-corrected chi connectivity index (χ0v) is 17.7. The summed E-state index contributed by atoms with van der Waals surface area (Å²) in [6.07, 6.45) is 2.84. The maximum Gasteiger partial charge on any atom is 0.125 e. The molecule has 0 spiro atoms. The summed E-state index contributed by atoms with van der Waals surface area (Å²) in [5.74, 6) is 0.0830. The number of phenols is 1. The number of rotatable bonds is 4. The van der Waals surface area contributed by atoms with Crippen LogP contribution in [-0.4, -0.2) is 26.0 Å². The van der Waals surface area contributed by atoms with Gasteiger partial charge in [0, 0.05) is 28.2 Å². The van der Waals surface area contributed by atoms with Crippen molar-refractivity contribution >= 4 is 10.9 Å². The molecule has 0 unspecified atom stereocenters. The normalized spacial score (nSPS) is 18.8. The lowest BCUT2D eigenvalue weighted by atomic mass is 9.82. The van der Waals surface area contributed by atoms with Crippen molar-refractivity contribution in [3.63, 3.8) is 0 Å². The molecule has 5 heteroatoms. The van der Waals surface area contributed by atoms with Crippen molar-refractivity contribution in [3.05, 3.63) is 83.8 Å². The third-order valence-electron chi connectivity index (χ3n) is 6.60. The summed E-state index contributed by atoms with van der Waals surface area (Å²) in [5, 5.41) is 31.3. The van der Waals surface area contributed by atoms with Gasteiger partial charge in [0.1, 0.15) is 11.6 Å². The molecule has 0 aliphatic heterocycles. The Morgan fingerprint density at radius 1 is 0.875 bits per heavy atom. The van der Waals surface area contributed by atoms with Crippen LogP contribution < -0.4 is 0 Å². The molecule has 5 rings (SSSR count). The third kappa shape index (κ3) is 3.57. The van der Waals surface area contributed by atoms with Crippen LogP contribution in [0.5, 0.6) is 5.75 Å². The van der Waals surface area contributed by atoms with Crippen LogP contribution in [0.15, 0.2) is 66.7 Å². The van der Waals surface area contributed by atoms with E-state index < -0.39 is 0 Å². The topological polar surface area (TPSA) is 65.6 Å². The van der Waals surface area contributed by atoms with E-state index in [1.807, 2.05) is 36.4 Å². The summed E-state index contributed by atoms with van der Waals surface area (Å²) in [6, 6.07) is 19.7. The molecule has 164 valence electrons. The monoisotopic (exact) mass is 431 g/mol. The van der Waals surface area contributed by atoms with Crippen molar-refractivity contribution < 1.29 is 19.7 Å². The van der Waals surface area contributed by atoms with Crippen molar-refractivity contribution in [3.8, 4) is 22.6 Å². The number of fused-ring (bicyclic) bond motifs is 1. The van der Waals surface area contributed by atoms with Crippen LogP contribution in [0.1, 0.15) is 42.9 Å². The SMILES string of the molecule is OCc1ccc(-c2c(C3CCC(O)CC3)n(-c3ccc(F)cc3)c3cccc(O)c23)cc1. The van der Waals surface area contributed by atoms with Gasteiger partial charge in [-0.15, -0.1) is 0 Å². The van der Waals surface area contributed by atoms with Gasteiger partial charge in [-0.05, 0) is 73.2 Å². The second-order valence-electron chi connectivity index (χ2n) is 8.60. The number of benzene rings is 3. The maximum absolute atomic E-state index is 13.7. The van der Waals surface area contributed by atoms with Crippen molar-refractivity contribution in [2.24, 2.45) is 0 Å². The summed E-state index contributed by atoms with van der Waals surface area (Å²) in [6.45, 7) is -0.0315. The van der Waals surface area contributed by atoms with Gasteiger partial charge in [-0.25, -0.2) is 4.39 Å². The van der Waals surface area contributed by atoms with Crippen molar-refractivity contribution in [1.29, 1.82) is 0 Å². The van der Waals surface area contributed by atoms with E-state index in [2.05, 4.69) is 4.57 Å². The average Bonchev–Trinajstić information content (AvgIpc) is 3.16. The van der Waals surface area contributed by atoms with Crippen LogP contribution in [0.3, 0.4) is 0 Å². The maximum atomic E-state index is 13.7. The molecule has 1 aromatic heterocycles. The van der Waals surface area contributed by atoms with Gasteiger partial charge in [-0.3, -0.25) is 0 Å². The van der Waals surface area contributed by atoms with E-state index in [9.17, 15) is 19.7 Å². The lowest BCUT2D eigenvalue weighted by Gasteiger charge is -2.28. The first-order chi connectivity index (χ1) is 15.6. The van der Waals surface area contributed by atoms with E-state index in [0.29, 0.717) is 0 Å². The lowest BCUT2D eigenvalue weighted by Crippen LogP contribution is -2.19. The fourth-order valence-corrected chi connectivity index (χ4v) is 5.01. The van der Waals surface area contributed by atoms with Gasteiger partial charge < -0.3 is 19.9 Å². The Morgan fingerprint density at radius 2 is 1.56 bits per heavy atom. The predicted molar refractivity (Wildman–Crippen MR) is 123 cm³/mol. The van der Waals surface area contributed by atoms with Gasteiger partial charge in [0.2, 0.25) is 0 Å². The molecule has 1 heterocycles. The van der Waals surface area contributed by atoms with Gasteiger partial charge >= 0.3 is 0 Å². The predicted octanol–water partition coefficient (Wildman–Crippen LogP) is 5.65. The number of phenolic OH excluding ortho intramolecular Hbond substituents is 1. The molecule has 0 bridgehead atoms. The molecule has 0 saturated heterocycles. The molecular formula is C27H26FNO3. The molecule has 1 fully saturated rings. The Balaban J connectivity index is 1.83. The molecule has 1 saturated carbocycles. The average molecular weight is 432 g/mol. The fraction of sp³-hybridized carbons (Fsp3) is 0.259. The lowest BCUT2D eigenvalue weighted by molar-refractivity contribution is 0.122. The largest absolute Gasteiger partial charge is 0.507 e. The van der Waals surface area contributed by atoms with Gasteiger partial charge in [-0.2, -0.15) is 0 Å². The highest BCUT2D eigenvalue weighted by molar-refractivity contribution is 6.03. The van der Waals surface area contributed by atoms with Crippen molar-refractivity contribution in [2.75, 3.05) is 0 Å². The summed E-state index contributed by atoms with van der Waals surface area (Å²) in [5.41, 5.74) is 5.49. The zero-order valence-electron chi connectivity index (χ0n) is 17.7. The Morgan fingerprint density at radius 3 is 2.22 bits per heavy atom. The minimum absolute atomic E-state index is 0.0315. The molecule has 1 aliphatic carbocycles. The quantitative estimate of drug-likeness (QED) is 0.391. The Bertz CT molecular complexity index is 1240. The number of nitrogens with zero attached hydrogens (tertiary/aromatic N) is 1. The number of hydrogen-bond donors (Lipinski definition) is 3. The molecule has 4 nitrogen and oxygen atoms in total.